The van der Waals surface area contributed by atoms with Gasteiger partial charge in [0.25, 0.3) is 6.47 Å². The molecular weight excluding hydrogens is 216 g/mol. The average molecular weight is 232 g/mol. The molecule has 0 N–H and O–H groups in total. The number of methoxy groups -OCH3 is 1. The Morgan fingerprint density at radius 2 is 2.06 bits per heavy atom. The van der Waals surface area contributed by atoms with Crippen LogP contribution in [0.15, 0.2) is 0 Å². The third kappa shape index (κ3) is 6.00. The first kappa shape index (κ1) is 14.4. The fourth-order valence-corrected chi connectivity index (χ4v) is 1.00. The van der Waals surface area contributed by atoms with Gasteiger partial charge in [0.05, 0.1) is 13.5 Å². The summed E-state index contributed by atoms with van der Waals surface area (Å²) in [5.41, 5.74) is 0. The maximum absolute atomic E-state index is 11.3. The van der Waals surface area contributed by atoms with E-state index in [1.54, 1.807) is 0 Å². The number of carbonyl (C=O) groups excluding carboxylic acids is 3. The van der Waals surface area contributed by atoms with Gasteiger partial charge in [0.2, 0.25) is 0 Å². The Morgan fingerprint density at radius 1 is 1.38 bits per heavy atom. The Morgan fingerprint density at radius 3 is 2.56 bits per heavy atom. The highest BCUT2D eigenvalue weighted by Gasteiger charge is 2.20. The summed E-state index contributed by atoms with van der Waals surface area (Å²) in [6.45, 7) is 1.98. The molecule has 1 atom stereocenters. The normalized spacial score (nSPS) is 11.4. The van der Waals surface area contributed by atoms with Crippen molar-refractivity contribution in [2.45, 2.75) is 32.3 Å². The number of esters is 2. The first-order chi connectivity index (χ1) is 7.65. The van der Waals surface area contributed by atoms with Gasteiger partial charge in [-0.3, -0.25) is 9.59 Å². The van der Waals surface area contributed by atoms with Crippen LogP contribution in [-0.2, 0) is 28.6 Å². The van der Waals surface area contributed by atoms with Gasteiger partial charge in [0.1, 0.15) is 6.61 Å². The van der Waals surface area contributed by atoms with E-state index in [2.05, 4.69) is 9.47 Å². The van der Waals surface area contributed by atoms with E-state index in [4.69, 9.17) is 4.74 Å². The van der Waals surface area contributed by atoms with Crippen molar-refractivity contribution < 1.29 is 28.6 Å². The number of ether oxygens (including phenoxy) is 3. The smallest absolute Gasteiger partial charge is 0.347 e. The fraction of sp³-hybridized carbons (Fsp3) is 0.700. The van der Waals surface area contributed by atoms with Crippen LogP contribution in [0.1, 0.15) is 26.2 Å². The SMILES string of the molecule is CCCC(OC=O)C(=O)OCCC(=O)OC. The van der Waals surface area contributed by atoms with Crippen molar-refractivity contribution >= 4 is 18.4 Å². The average Bonchev–Trinajstić information content (AvgIpc) is 2.28. The highest BCUT2D eigenvalue weighted by molar-refractivity contribution is 5.76. The molecule has 16 heavy (non-hydrogen) atoms. The second-order valence-electron chi connectivity index (χ2n) is 3.00. The molecule has 0 aromatic rings. The van der Waals surface area contributed by atoms with Crippen LogP contribution in [0.3, 0.4) is 0 Å². The van der Waals surface area contributed by atoms with Crippen molar-refractivity contribution in [2.24, 2.45) is 0 Å². The summed E-state index contributed by atoms with van der Waals surface area (Å²) in [5.74, 6) is -1.10. The zero-order chi connectivity index (χ0) is 12.4. The molecule has 1 unspecified atom stereocenters. The quantitative estimate of drug-likeness (QED) is 0.343. The van der Waals surface area contributed by atoms with Crippen LogP contribution in [0.4, 0.5) is 0 Å². The third-order valence-electron chi connectivity index (χ3n) is 1.81. The van der Waals surface area contributed by atoms with Gasteiger partial charge in [-0.25, -0.2) is 4.79 Å². The summed E-state index contributed by atoms with van der Waals surface area (Å²) in [7, 11) is 1.25. The van der Waals surface area contributed by atoms with Crippen LogP contribution >= 0.6 is 0 Å². The molecule has 0 aromatic heterocycles. The minimum atomic E-state index is -0.889. The predicted molar refractivity (Wildman–Crippen MR) is 53.4 cm³/mol. The predicted octanol–water partition coefficient (Wildman–Crippen LogP) is 0.434. The van der Waals surface area contributed by atoms with E-state index in [-0.39, 0.29) is 19.5 Å². The molecule has 0 aliphatic carbocycles. The van der Waals surface area contributed by atoms with Crippen LogP contribution in [0, 0.1) is 0 Å². The molecular formula is C10H16O6. The van der Waals surface area contributed by atoms with E-state index >= 15 is 0 Å². The molecule has 0 aromatic carbocycles. The third-order valence-corrected chi connectivity index (χ3v) is 1.81. The Bertz CT molecular complexity index is 237. The summed E-state index contributed by atoms with van der Waals surface area (Å²) < 4.78 is 13.7. The molecule has 0 saturated heterocycles. The summed E-state index contributed by atoms with van der Waals surface area (Å²) in [6, 6.07) is 0. The summed E-state index contributed by atoms with van der Waals surface area (Å²) in [4.78, 5) is 32.2. The lowest BCUT2D eigenvalue weighted by atomic mass is 10.2. The van der Waals surface area contributed by atoms with Crippen molar-refractivity contribution in [2.75, 3.05) is 13.7 Å². The van der Waals surface area contributed by atoms with Crippen molar-refractivity contribution in [1.82, 2.24) is 0 Å². The molecule has 0 fully saturated rings. The summed E-state index contributed by atoms with van der Waals surface area (Å²) in [5, 5.41) is 0. The van der Waals surface area contributed by atoms with Crippen LogP contribution < -0.4 is 0 Å². The number of rotatable bonds is 8. The lowest BCUT2D eigenvalue weighted by molar-refractivity contribution is -0.163. The van der Waals surface area contributed by atoms with Gasteiger partial charge in [-0.2, -0.15) is 0 Å². The van der Waals surface area contributed by atoms with Gasteiger partial charge in [0.15, 0.2) is 6.10 Å². The van der Waals surface area contributed by atoms with Crippen LogP contribution in [-0.4, -0.2) is 38.2 Å². The Hall–Kier alpha value is -1.59. The van der Waals surface area contributed by atoms with Gasteiger partial charge in [-0.05, 0) is 6.42 Å². The van der Waals surface area contributed by atoms with Crippen LogP contribution in [0.5, 0.6) is 0 Å². The molecule has 0 spiro atoms. The standard InChI is InChI=1S/C10H16O6/c1-3-4-8(16-7-11)10(13)15-6-5-9(12)14-2/h7-8H,3-6H2,1-2H3. The Labute approximate surface area is 93.8 Å². The van der Waals surface area contributed by atoms with Crippen LogP contribution in [0.25, 0.3) is 0 Å². The summed E-state index contributed by atoms with van der Waals surface area (Å²) in [6.07, 6.45) is 0.183. The maximum Gasteiger partial charge on any atom is 0.347 e. The molecule has 0 saturated carbocycles. The Kier molecular flexibility index (Phi) is 7.83. The molecule has 6 nitrogen and oxygen atoms in total. The van der Waals surface area contributed by atoms with E-state index in [1.165, 1.54) is 7.11 Å². The number of carbonyl (C=O) groups is 3. The second kappa shape index (κ2) is 8.70. The van der Waals surface area contributed by atoms with E-state index in [9.17, 15) is 14.4 Å². The molecule has 0 bridgehead atoms. The first-order valence-corrected chi connectivity index (χ1v) is 4.98. The van der Waals surface area contributed by atoms with Crippen molar-refractivity contribution in [3.8, 4) is 0 Å². The fourth-order valence-electron chi connectivity index (χ4n) is 1.00. The molecule has 0 rings (SSSR count). The van der Waals surface area contributed by atoms with Crippen molar-refractivity contribution in [3.63, 3.8) is 0 Å². The number of hydrogen-bond donors (Lipinski definition) is 0. The van der Waals surface area contributed by atoms with E-state index in [0.29, 0.717) is 12.8 Å². The van der Waals surface area contributed by atoms with Gasteiger partial charge < -0.3 is 14.2 Å². The Balaban J connectivity index is 3.90. The minimum absolute atomic E-state index is 0.0117. The van der Waals surface area contributed by atoms with Gasteiger partial charge in [0, 0.05) is 0 Å². The van der Waals surface area contributed by atoms with Gasteiger partial charge in [-0.15, -0.1) is 0 Å². The lowest BCUT2D eigenvalue weighted by Crippen LogP contribution is -2.27. The maximum atomic E-state index is 11.3. The van der Waals surface area contributed by atoms with Crippen molar-refractivity contribution in [1.29, 1.82) is 0 Å². The second-order valence-corrected chi connectivity index (χ2v) is 3.00. The van der Waals surface area contributed by atoms with Crippen LogP contribution in [0.2, 0.25) is 0 Å². The largest absolute Gasteiger partial charge is 0.469 e. The highest BCUT2D eigenvalue weighted by Crippen LogP contribution is 2.04. The molecule has 6 heteroatoms. The van der Waals surface area contributed by atoms with Crippen molar-refractivity contribution in [3.05, 3.63) is 0 Å². The van der Waals surface area contributed by atoms with E-state index in [1.807, 2.05) is 6.92 Å². The topological polar surface area (TPSA) is 78.9 Å². The first-order valence-electron chi connectivity index (χ1n) is 4.98. The summed E-state index contributed by atoms with van der Waals surface area (Å²) >= 11 is 0. The highest BCUT2D eigenvalue weighted by atomic mass is 16.6. The zero-order valence-corrected chi connectivity index (χ0v) is 9.43. The van der Waals surface area contributed by atoms with E-state index < -0.39 is 18.0 Å². The monoisotopic (exact) mass is 232 g/mol. The molecule has 0 aliphatic heterocycles. The number of hydrogen-bond acceptors (Lipinski definition) is 6. The molecule has 0 amide bonds. The zero-order valence-electron chi connectivity index (χ0n) is 9.43. The molecule has 0 aliphatic rings. The van der Waals surface area contributed by atoms with E-state index in [0.717, 1.165) is 0 Å². The molecule has 92 valence electrons. The van der Waals surface area contributed by atoms with Gasteiger partial charge in [-0.1, -0.05) is 13.3 Å². The molecule has 0 radical (unpaired) electrons. The minimum Gasteiger partial charge on any atom is -0.469 e. The lowest BCUT2D eigenvalue weighted by Gasteiger charge is -2.12. The molecule has 0 heterocycles. The van der Waals surface area contributed by atoms with Gasteiger partial charge >= 0.3 is 11.9 Å².